The Morgan fingerprint density at radius 1 is 0.509 bits per heavy atom. The van der Waals surface area contributed by atoms with Crippen molar-refractivity contribution in [3.05, 3.63) is 133 Å². The van der Waals surface area contributed by atoms with Crippen LogP contribution in [0.15, 0.2) is 102 Å². The molecule has 0 aliphatic carbocycles. The van der Waals surface area contributed by atoms with E-state index in [4.69, 9.17) is 56.4 Å². The zero-order valence-electron chi connectivity index (χ0n) is 27.2. The van der Waals surface area contributed by atoms with Crippen LogP contribution in [0, 0.1) is 0 Å². The summed E-state index contributed by atoms with van der Waals surface area (Å²) < 4.78 is 3.93. The fourth-order valence-electron chi connectivity index (χ4n) is 9.46. The summed E-state index contributed by atoms with van der Waals surface area (Å²) in [7, 11) is 0. The van der Waals surface area contributed by atoms with Gasteiger partial charge in [0.25, 0.3) is 5.56 Å². The minimum atomic E-state index is -0.202. The third-order valence-electron chi connectivity index (χ3n) is 11.6. The van der Waals surface area contributed by atoms with Crippen LogP contribution in [0.5, 0.6) is 0 Å². The fraction of sp³-hybridized carbons (Fsp3) is 0.0227. The first-order valence-corrected chi connectivity index (χ1v) is 18.7. The summed E-state index contributed by atoms with van der Waals surface area (Å²) in [5, 5.41) is 13.9. The van der Waals surface area contributed by atoms with Gasteiger partial charge in [-0.1, -0.05) is 94.9 Å². The molecule has 0 saturated heterocycles. The SMILES string of the molecule is O=c1c2cc(Cl)c3c4c(Cl)cc5c6c(cc(Cl)c(c7c(Cl)cc(c2c37)c2nc3cc7ccccc7cc3n12)c64)Cn1c-5nc2cc3ccccc3cc21. The normalized spacial score (nSPS) is 13.3. The van der Waals surface area contributed by atoms with E-state index in [0.717, 1.165) is 109 Å². The molecule has 0 bridgehead atoms. The highest BCUT2D eigenvalue weighted by Gasteiger charge is 2.31. The fourth-order valence-corrected chi connectivity index (χ4v) is 10.7. The number of nitrogens with zero attached hydrogens (tertiary/aromatic N) is 4. The molecular formula is C44H18Cl4N4O. The number of halogens is 4. The van der Waals surface area contributed by atoms with E-state index in [1.54, 1.807) is 10.5 Å². The molecule has 0 saturated carbocycles. The van der Waals surface area contributed by atoms with E-state index >= 15 is 0 Å². The van der Waals surface area contributed by atoms with E-state index in [1.807, 2.05) is 60.7 Å². The number of pyridine rings is 1. The zero-order valence-corrected chi connectivity index (χ0v) is 30.2. The van der Waals surface area contributed by atoms with Crippen molar-refractivity contribution >= 4 is 150 Å². The van der Waals surface area contributed by atoms with E-state index in [0.29, 0.717) is 37.7 Å². The molecule has 3 aromatic heterocycles. The topological polar surface area (TPSA) is 52.2 Å². The Morgan fingerprint density at radius 2 is 1.04 bits per heavy atom. The molecule has 248 valence electrons. The third kappa shape index (κ3) is 3.42. The van der Waals surface area contributed by atoms with Crippen LogP contribution in [0.1, 0.15) is 5.56 Å². The second kappa shape index (κ2) is 9.56. The van der Waals surface area contributed by atoms with Gasteiger partial charge in [-0.3, -0.25) is 9.20 Å². The highest BCUT2D eigenvalue weighted by Crippen LogP contribution is 2.55. The van der Waals surface area contributed by atoms with E-state index in [2.05, 4.69) is 34.9 Å². The van der Waals surface area contributed by atoms with Crippen LogP contribution in [0.2, 0.25) is 20.1 Å². The van der Waals surface area contributed by atoms with Gasteiger partial charge < -0.3 is 4.57 Å². The third-order valence-corrected chi connectivity index (χ3v) is 12.8. The zero-order chi connectivity index (χ0) is 35.2. The van der Waals surface area contributed by atoms with Crippen molar-refractivity contribution in [2.24, 2.45) is 0 Å². The van der Waals surface area contributed by atoms with Crippen molar-refractivity contribution in [2.75, 3.05) is 0 Å². The smallest absolute Gasteiger partial charge is 0.264 e. The maximum Gasteiger partial charge on any atom is 0.264 e. The number of fused-ring (bicyclic) bond motifs is 12. The molecule has 0 amide bonds. The Morgan fingerprint density at radius 3 is 1.70 bits per heavy atom. The van der Waals surface area contributed by atoms with Gasteiger partial charge in [0.15, 0.2) is 0 Å². The number of hydrogen-bond donors (Lipinski definition) is 0. The van der Waals surface area contributed by atoms with Crippen molar-refractivity contribution in [3.63, 3.8) is 0 Å². The van der Waals surface area contributed by atoms with E-state index in [-0.39, 0.29) is 5.56 Å². The molecule has 53 heavy (non-hydrogen) atoms. The van der Waals surface area contributed by atoms with Crippen molar-refractivity contribution < 1.29 is 0 Å². The van der Waals surface area contributed by atoms with Crippen LogP contribution < -0.4 is 5.56 Å². The average molecular weight is 760 g/mol. The summed E-state index contributed by atoms with van der Waals surface area (Å²) >= 11 is 29.5. The summed E-state index contributed by atoms with van der Waals surface area (Å²) in [4.78, 5) is 24.9. The van der Waals surface area contributed by atoms with Gasteiger partial charge in [0.2, 0.25) is 0 Å². The van der Waals surface area contributed by atoms with Crippen LogP contribution in [-0.2, 0) is 6.54 Å². The van der Waals surface area contributed by atoms with Crippen molar-refractivity contribution in [1.29, 1.82) is 0 Å². The number of hydrogen-bond acceptors (Lipinski definition) is 3. The molecule has 13 rings (SSSR count). The molecule has 0 fully saturated rings. The molecule has 9 aromatic carbocycles. The maximum atomic E-state index is 14.6. The van der Waals surface area contributed by atoms with Crippen molar-refractivity contribution in [1.82, 2.24) is 18.9 Å². The van der Waals surface area contributed by atoms with Crippen LogP contribution in [0.4, 0.5) is 0 Å². The lowest BCUT2D eigenvalue weighted by molar-refractivity contribution is 0.831. The first kappa shape index (κ1) is 29.1. The number of benzene rings is 9. The van der Waals surface area contributed by atoms with Gasteiger partial charge in [-0.2, -0.15) is 0 Å². The van der Waals surface area contributed by atoms with Gasteiger partial charge in [-0.25, -0.2) is 9.97 Å². The van der Waals surface area contributed by atoms with Gasteiger partial charge in [0, 0.05) is 68.7 Å². The summed E-state index contributed by atoms with van der Waals surface area (Å²) in [6, 6.07) is 32.5. The lowest BCUT2D eigenvalue weighted by Crippen LogP contribution is -2.14. The molecule has 0 spiro atoms. The maximum absolute atomic E-state index is 14.6. The van der Waals surface area contributed by atoms with Crippen molar-refractivity contribution in [2.45, 2.75) is 6.54 Å². The van der Waals surface area contributed by atoms with E-state index in [9.17, 15) is 4.79 Å². The molecule has 1 aliphatic rings. The first-order valence-electron chi connectivity index (χ1n) is 17.2. The highest BCUT2D eigenvalue weighted by molar-refractivity contribution is 6.55. The van der Waals surface area contributed by atoms with Gasteiger partial charge in [-0.15, -0.1) is 0 Å². The highest BCUT2D eigenvalue weighted by atomic mass is 35.5. The summed E-state index contributed by atoms with van der Waals surface area (Å²) in [6.45, 7) is 0.579. The molecule has 0 N–H and O–H groups in total. The minimum absolute atomic E-state index is 0.202. The Kier molecular flexibility index (Phi) is 5.24. The Hall–Kier alpha value is -5.43. The van der Waals surface area contributed by atoms with E-state index < -0.39 is 0 Å². The molecule has 1 aliphatic heterocycles. The lowest BCUT2D eigenvalue weighted by atomic mass is 9.84. The monoisotopic (exact) mass is 758 g/mol. The second-order valence-electron chi connectivity index (χ2n) is 14.2. The number of rotatable bonds is 0. The summed E-state index contributed by atoms with van der Waals surface area (Å²) in [6.07, 6.45) is 0. The molecule has 0 unspecified atom stereocenters. The van der Waals surface area contributed by atoms with Gasteiger partial charge in [0.05, 0.1) is 34.0 Å². The van der Waals surface area contributed by atoms with Crippen molar-refractivity contribution in [3.8, 4) is 11.4 Å². The van der Waals surface area contributed by atoms with E-state index in [1.165, 1.54) is 0 Å². The van der Waals surface area contributed by atoms with Gasteiger partial charge >= 0.3 is 0 Å². The van der Waals surface area contributed by atoms with Gasteiger partial charge in [-0.05, 0) is 81.0 Å². The second-order valence-corrected chi connectivity index (χ2v) is 15.8. The molecule has 5 nitrogen and oxygen atoms in total. The van der Waals surface area contributed by atoms with Crippen LogP contribution in [0.25, 0.3) is 115 Å². The molecular weight excluding hydrogens is 742 g/mol. The molecule has 9 heteroatoms. The van der Waals surface area contributed by atoms with Gasteiger partial charge in [0.1, 0.15) is 11.5 Å². The van der Waals surface area contributed by atoms with Crippen LogP contribution in [0.3, 0.4) is 0 Å². The molecule has 0 radical (unpaired) electrons. The minimum Gasteiger partial charge on any atom is -0.319 e. The Bertz CT molecular complexity index is 3770. The Labute approximate surface area is 317 Å². The number of imidazole rings is 2. The summed E-state index contributed by atoms with van der Waals surface area (Å²) in [5.41, 5.74) is 5.72. The molecule has 0 atom stereocenters. The predicted molar refractivity (Wildman–Crippen MR) is 222 cm³/mol. The van der Waals surface area contributed by atoms with Crippen LogP contribution in [-0.4, -0.2) is 18.9 Å². The van der Waals surface area contributed by atoms with Crippen LogP contribution >= 0.6 is 46.4 Å². The number of aromatic nitrogens is 4. The lowest BCUT2D eigenvalue weighted by Gasteiger charge is -2.26. The standard InChI is InChI=1S/C44H18Cl4N4O/c45-26-9-22-17-51-32-12-20-7-3-1-5-18(20)10-30(32)49-42(51)23-14-27(46)37-39-29(48)16-25-35-24(15-28(47)38(41(35)39)36(26)40(37)34(22)23)43-50-31-11-19-6-2-4-8-21(19)13-33(31)52(43)44(25)53/h1-16H,17H2. The average Bonchev–Trinajstić information content (AvgIpc) is 3.71. The first-order chi connectivity index (χ1) is 25.8. The largest absolute Gasteiger partial charge is 0.319 e. The molecule has 12 aromatic rings. The quantitative estimate of drug-likeness (QED) is 0.114. The Balaban J connectivity index is 1.22. The predicted octanol–water partition coefficient (Wildman–Crippen LogP) is 12.8. The summed E-state index contributed by atoms with van der Waals surface area (Å²) in [5.74, 6) is 0.843. The molecule has 4 heterocycles.